The van der Waals surface area contributed by atoms with Crippen LogP contribution in [0.15, 0.2) is 11.3 Å². The monoisotopic (exact) mass is 340 g/mol. The molecule has 1 aromatic heterocycles. The largest absolute Gasteiger partial charge is 0.379 e. The Labute approximate surface area is 145 Å². The quantitative estimate of drug-likeness (QED) is 0.314. The van der Waals surface area contributed by atoms with Gasteiger partial charge in [0.25, 0.3) is 0 Å². The Morgan fingerprint density at radius 1 is 1.12 bits per heavy atom. The van der Waals surface area contributed by atoms with Gasteiger partial charge in [-0.05, 0) is 6.42 Å². The second-order valence-electron chi connectivity index (χ2n) is 5.30. The van der Waals surface area contributed by atoms with Gasteiger partial charge in [0.2, 0.25) is 0 Å². The third-order valence-corrected chi connectivity index (χ3v) is 3.43. The minimum absolute atomic E-state index is 0.628. The predicted molar refractivity (Wildman–Crippen MR) is 95.3 cm³/mol. The van der Waals surface area contributed by atoms with E-state index >= 15 is 0 Å². The minimum atomic E-state index is 0.628. The highest BCUT2D eigenvalue weighted by atomic mass is 16.5. The molecule has 0 saturated heterocycles. The summed E-state index contributed by atoms with van der Waals surface area (Å²) in [6.45, 7) is 9.24. The number of nitrogens with one attached hydrogen (secondary N) is 2. The standard InChI is InChI=1S/C16H32N6O2/c1-4-6-10-23-12-13-24-11-8-19-16(17-3)18-7-9-22-14-20-21-15(22)5-2/h14H,4-13H2,1-3H3,(H2,17,18,19). The molecular formula is C16H32N6O2. The molecule has 0 bridgehead atoms. The van der Waals surface area contributed by atoms with Crippen LogP contribution in [0.2, 0.25) is 0 Å². The van der Waals surface area contributed by atoms with E-state index in [9.17, 15) is 0 Å². The molecule has 0 aliphatic carbocycles. The van der Waals surface area contributed by atoms with Crippen molar-refractivity contribution in [3.63, 3.8) is 0 Å². The van der Waals surface area contributed by atoms with E-state index in [-0.39, 0.29) is 0 Å². The number of aryl methyl sites for hydroxylation is 1. The second-order valence-corrected chi connectivity index (χ2v) is 5.30. The van der Waals surface area contributed by atoms with Gasteiger partial charge in [-0.15, -0.1) is 10.2 Å². The fourth-order valence-corrected chi connectivity index (χ4v) is 2.06. The van der Waals surface area contributed by atoms with Gasteiger partial charge in [-0.1, -0.05) is 20.3 Å². The van der Waals surface area contributed by atoms with Crippen molar-refractivity contribution in [2.75, 3.05) is 46.6 Å². The molecule has 0 unspecified atom stereocenters. The van der Waals surface area contributed by atoms with Gasteiger partial charge in [-0.2, -0.15) is 0 Å². The Morgan fingerprint density at radius 3 is 2.58 bits per heavy atom. The van der Waals surface area contributed by atoms with Gasteiger partial charge >= 0.3 is 0 Å². The zero-order valence-corrected chi connectivity index (χ0v) is 15.3. The van der Waals surface area contributed by atoms with Crippen molar-refractivity contribution in [2.45, 2.75) is 39.7 Å². The van der Waals surface area contributed by atoms with E-state index < -0.39 is 0 Å². The summed E-state index contributed by atoms with van der Waals surface area (Å²) in [4.78, 5) is 4.19. The molecule has 0 saturated carbocycles. The van der Waals surface area contributed by atoms with Crippen LogP contribution in [0.25, 0.3) is 0 Å². The van der Waals surface area contributed by atoms with Gasteiger partial charge in [0, 0.05) is 39.7 Å². The zero-order chi connectivity index (χ0) is 17.5. The van der Waals surface area contributed by atoms with Gasteiger partial charge in [0.05, 0.1) is 19.8 Å². The van der Waals surface area contributed by atoms with Crippen LogP contribution >= 0.6 is 0 Å². The van der Waals surface area contributed by atoms with Crippen molar-refractivity contribution < 1.29 is 9.47 Å². The van der Waals surface area contributed by atoms with Crippen molar-refractivity contribution in [1.82, 2.24) is 25.4 Å². The van der Waals surface area contributed by atoms with Crippen LogP contribution in [-0.4, -0.2) is 67.3 Å². The van der Waals surface area contributed by atoms with Crippen molar-refractivity contribution in [2.24, 2.45) is 4.99 Å². The van der Waals surface area contributed by atoms with E-state index in [1.165, 1.54) is 0 Å². The molecule has 1 aromatic rings. The third kappa shape index (κ3) is 8.83. The number of unbranched alkanes of at least 4 members (excludes halogenated alkanes) is 1. The summed E-state index contributed by atoms with van der Waals surface area (Å²) >= 11 is 0. The molecule has 138 valence electrons. The van der Waals surface area contributed by atoms with Gasteiger partial charge in [-0.3, -0.25) is 4.99 Å². The van der Waals surface area contributed by atoms with Crippen LogP contribution in [0.5, 0.6) is 0 Å². The Bertz CT molecular complexity index is 450. The molecule has 0 aromatic carbocycles. The summed E-state index contributed by atoms with van der Waals surface area (Å²) in [5.41, 5.74) is 0. The number of aromatic nitrogens is 3. The van der Waals surface area contributed by atoms with E-state index in [4.69, 9.17) is 9.47 Å². The van der Waals surface area contributed by atoms with E-state index in [0.29, 0.717) is 26.4 Å². The van der Waals surface area contributed by atoms with Crippen LogP contribution in [0.3, 0.4) is 0 Å². The maximum absolute atomic E-state index is 5.51. The van der Waals surface area contributed by atoms with Crippen LogP contribution in [-0.2, 0) is 22.4 Å². The first-order valence-electron chi connectivity index (χ1n) is 8.78. The highest BCUT2D eigenvalue weighted by Crippen LogP contribution is 1.94. The number of guanidine groups is 1. The molecule has 1 heterocycles. The Kier molecular flexibility index (Phi) is 11.7. The second kappa shape index (κ2) is 13.7. The molecule has 0 spiro atoms. The average Bonchev–Trinajstić information content (AvgIpc) is 3.06. The summed E-state index contributed by atoms with van der Waals surface area (Å²) in [5.74, 6) is 1.76. The first kappa shape index (κ1) is 20.4. The minimum Gasteiger partial charge on any atom is -0.379 e. The lowest BCUT2D eigenvalue weighted by molar-refractivity contribution is 0.0487. The Balaban J connectivity index is 2.03. The molecule has 1 rings (SSSR count). The van der Waals surface area contributed by atoms with Crippen molar-refractivity contribution in [1.29, 1.82) is 0 Å². The van der Waals surface area contributed by atoms with Crippen molar-refractivity contribution in [3.8, 4) is 0 Å². The molecule has 0 radical (unpaired) electrons. The molecule has 24 heavy (non-hydrogen) atoms. The number of aliphatic imine (C=N–C) groups is 1. The lowest BCUT2D eigenvalue weighted by Crippen LogP contribution is -2.40. The van der Waals surface area contributed by atoms with E-state index in [2.05, 4.69) is 39.7 Å². The summed E-state index contributed by atoms with van der Waals surface area (Å²) in [7, 11) is 1.76. The summed E-state index contributed by atoms with van der Waals surface area (Å²) < 4.78 is 13.0. The molecule has 0 aliphatic rings. The molecule has 0 aliphatic heterocycles. The van der Waals surface area contributed by atoms with E-state index in [0.717, 1.165) is 50.7 Å². The van der Waals surface area contributed by atoms with Crippen LogP contribution < -0.4 is 10.6 Å². The normalized spacial score (nSPS) is 11.7. The number of hydrogen-bond acceptors (Lipinski definition) is 5. The molecular weight excluding hydrogens is 308 g/mol. The first-order valence-corrected chi connectivity index (χ1v) is 8.78. The highest BCUT2D eigenvalue weighted by Gasteiger charge is 2.02. The average molecular weight is 340 g/mol. The van der Waals surface area contributed by atoms with Crippen LogP contribution in [0, 0.1) is 0 Å². The summed E-state index contributed by atoms with van der Waals surface area (Å²) in [6, 6.07) is 0. The maximum Gasteiger partial charge on any atom is 0.191 e. The summed E-state index contributed by atoms with van der Waals surface area (Å²) in [6.07, 6.45) is 4.91. The molecule has 0 fully saturated rings. The highest BCUT2D eigenvalue weighted by molar-refractivity contribution is 5.79. The van der Waals surface area contributed by atoms with Gasteiger partial charge in [0.1, 0.15) is 12.2 Å². The molecule has 8 heteroatoms. The molecule has 8 nitrogen and oxygen atoms in total. The van der Waals surface area contributed by atoms with E-state index in [1.54, 1.807) is 13.4 Å². The maximum atomic E-state index is 5.51. The zero-order valence-electron chi connectivity index (χ0n) is 15.3. The van der Waals surface area contributed by atoms with Gasteiger partial charge in [-0.25, -0.2) is 0 Å². The number of nitrogens with zero attached hydrogens (tertiary/aromatic N) is 4. The topological polar surface area (TPSA) is 85.6 Å². The fourth-order valence-electron chi connectivity index (χ4n) is 2.06. The molecule has 0 amide bonds. The number of rotatable bonds is 13. The smallest absolute Gasteiger partial charge is 0.191 e. The SMILES string of the molecule is CCCCOCCOCCNC(=NC)NCCn1cnnc1CC. The van der Waals surface area contributed by atoms with Crippen molar-refractivity contribution in [3.05, 3.63) is 12.2 Å². The summed E-state index contributed by atoms with van der Waals surface area (Å²) in [5, 5.41) is 14.5. The first-order chi connectivity index (χ1) is 11.8. The lowest BCUT2D eigenvalue weighted by Gasteiger charge is -2.13. The Hall–Kier alpha value is -1.67. The Morgan fingerprint density at radius 2 is 1.88 bits per heavy atom. The van der Waals surface area contributed by atoms with Crippen LogP contribution in [0.1, 0.15) is 32.5 Å². The third-order valence-electron chi connectivity index (χ3n) is 3.43. The lowest BCUT2D eigenvalue weighted by atomic mass is 10.4. The van der Waals surface area contributed by atoms with Crippen LogP contribution in [0.4, 0.5) is 0 Å². The predicted octanol–water partition coefficient (Wildman–Crippen LogP) is 0.839. The fraction of sp³-hybridized carbons (Fsp3) is 0.812. The number of hydrogen-bond donors (Lipinski definition) is 2. The van der Waals surface area contributed by atoms with Crippen molar-refractivity contribution >= 4 is 5.96 Å². The molecule has 0 atom stereocenters. The van der Waals surface area contributed by atoms with Gasteiger partial charge < -0.3 is 24.7 Å². The number of ether oxygens (including phenoxy) is 2. The van der Waals surface area contributed by atoms with E-state index in [1.807, 2.05) is 4.57 Å². The molecule has 2 N–H and O–H groups in total. The van der Waals surface area contributed by atoms with Gasteiger partial charge in [0.15, 0.2) is 5.96 Å².